The molecule has 2 heterocycles. The first-order valence-corrected chi connectivity index (χ1v) is 6.17. The first-order chi connectivity index (χ1) is 7.78. The van der Waals surface area contributed by atoms with Crippen molar-refractivity contribution in [1.82, 2.24) is 0 Å². The fourth-order valence-electron chi connectivity index (χ4n) is 2.80. The number of rotatable bonds is 3. The molecule has 0 bridgehead atoms. The summed E-state index contributed by atoms with van der Waals surface area (Å²) < 4.78 is 16.3. The van der Waals surface area contributed by atoms with E-state index in [0.29, 0.717) is 19.1 Å². The van der Waals surface area contributed by atoms with E-state index in [0.717, 1.165) is 38.9 Å². The van der Waals surface area contributed by atoms with Crippen LogP contribution in [0.4, 0.5) is 0 Å². The number of hydrogen-bond donors (Lipinski definition) is 1. The maximum atomic E-state index is 10.5. The van der Waals surface area contributed by atoms with Gasteiger partial charge in [-0.05, 0) is 18.8 Å². The lowest BCUT2D eigenvalue weighted by molar-refractivity contribution is -0.175. The number of methoxy groups -OCH3 is 1. The van der Waals surface area contributed by atoms with Gasteiger partial charge in [-0.15, -0.1) is 0 Å². The average molecular weight is 230 g/mol. The summed E-state index contributed by atoms with van der Waals surface area (Å²) in [6, 6.07) is 0. The largest absolute Gasteiger partial charge is 0.390 e. The molecule has 1 N–H and O–H groups in total. The van der Waals surface area contributed by atoms with Crippen molar-refractivity contribution in [2.45, 2.75) is 37.4 Å². The summed E-state index contributed by atoms with van der Waals surface area (Å²) in [6.07, 6.45) is 3.08. The summed E-state index contributed by atoms with van der Waals surface area (Å²) in [6.45, 7) is 2.90. The van der Waals surface area contributed by atoms with Crippen molar-refractivity contribution in [1.29, 1.82) is 0 Å². The lowest BCUT2D eigenvalue weighted by Gasteiger charge is -2.43. The highest BCUT2D eigenvalue weighted by Gasteiger charge is 2.43. The second-order valence-corrected chi connectivity index (χ2v) is 4.78. The lowest BCUT2D eigenvalue weighted by atomic mass is 9.78. The van der Waals surface area contributed by atoms with E-state index in [9.17, 15) is 5.11 Å². The zero-order chi connectivity index (χ0) is 11.4. The predicted octanol–water partition coefficient (Wildman–Crippen LogP) is 0.969. The second-order valence-electron chi connectivity index (χ2n) is 4.78. The molecule has 0 aromatic heterocycles. The standard InChI is InChI=1S/C12H22O4/c1-14-12(4-8-16-9-5-12)11(13)10-2-6-15-7-3-10/h10-11,13H,2-9H2,1H3. The second kappa shape index (κ2) is 5.45. The molecule has 4 nitrogen and oxygen atoms in total. The fourth-order valence-corrected chi connectivity index (χ4v) is 2.80. The van der Waals surface area contributed by atoms with Crippen molar-refractivity contribution < 1.29 is 19.3 Å². The van der Waals surface area contributed by atoms with Crippen molar-refractivity contribution in [2.24, 2.45) is 5.92 Å². The van der Waals surface area contributed by atoms with Crippen LogP contribution in [0.2, 0.25) is 0 Å². The number of hydrogen-bond acceptors (Lipinski definition) is 4. The summed E-state index contributed by atoms with van der Waals surface area (Å²) in [7, 11) is 1.70. The molecule has 4 heteroatoms. The van der Waals surface area contributed by atoms with E-state index in [1.54, 1.807) is 7.11 Å². The molecule has 0 radical (unpaired) electrons. The Hall–Kier alpha value is -0.160. The van der Waals surface area contributed by atoms with Crippen LogP contribution in [-0.4, -0.2) is 50.3 Å². The number of ether oxygens (including phenoxy) is 3. The fraction of sp³-hybridized carbons (Fsp3) is 1.00. The highest BCUT2D eigenvalue weighted by Crippen LogP contribution is 2.35. The van der Waals surface area contributed by atoms with Crippen LogP contribution in [0.5, 0.6) is 0 Å². The molecule has 1 unspecified atom stereocenters. The topological polar surface area (TPSA) is 47.9 Å². The molecule has 16 heavy (non-hydrogen) atoms. The Morgan fingerprint density at radius 2 is 1.69 bits per heavy atom. The molecule has 2 aliphatic heterocycles. The molecular weight excluding hydrogens is 208 g/mol. The number of aliphatic hydroxyl groups is 1. The molecule has 2 aliphatic rings. The van der Waals surface area contributed by atoms with Gasteiger partial charge in [-0.25, -0.2) is 0 Å². The molecule has 0 aromatic carbocycles. The van der Waals surface area contributed by atoms with E-state index in [1.165, 1.54) is 0 Å². The van der Waals surface area contributed by atoms with Crippen LogP contribution in [0.15, 0.2) is 0 Å². The van der Waals surface area contributed by atoms with Gasteiger partial charge in [0.15, 0.2) is 0 Å². The molecule has 2 rings (SSSR count). The van der Waals surface area contributed by atoms with Gasteiger partial charge >= 0.3 is 0 Å². The third kappa shape index (κ3) is 2.40. The van der Waals surface area contributed by atoms with Crippen molar-refractivity contribution in [3.63, 3.8) is 0 Å². The van der Waals surface area contributed by atoms with Gasteiger partial charge in [-0.2, -0.15) is 0 Å². The Balaban J connectivity index is 2.00. The third-order valence-electron chi connectivity index (χ3n) is 4.00. The van der Waals surface area contributed by atoms with Crippen LogP contribution in [0.3, 0.4) is 0 Å². The first-order valence-electron chi connectivity index (χ1n) is 6.17. The van der Waals surface area contributed by atoms with E-state index in [1.807, 2.05) is 0 Å². The normalized spacial score (nSPS) is 28.9. The quantitative estimate of drug-likeness (QED) is 0.785. The van der Waals surface area contributed by atoms with E-state index in [-0.39, 0.29) is 11.7 Å². The molecule has 0 aromatic rings. The Morgan fingerprint density at radius 1 is 1.12 bits per heavy atom. The minimum Gasteiger partial charge on any atom is -0.390 e. The molecule has 0 aliphatic carbocycles. The van der Waals surface area contributed by atoms with Crippen LogP contribution < -0.4 is 0 Å². The van der Waals surface area contributed by atoms with Crippen LogP contribution >= 0.6 is 0 Å². The molecule has 0 spiro atoms. The predicted molar refractivity (Wildman–Crippen MR) is 59.3 cm³/mol. The Kier molecular flexibility index (Phi) is 4.19. The zero-order valence-electron chi connectivity index (χ0n) is 9.98. The molecule has 2 fully saturated rings. The maximum Gasteiger partial charge on any atom is 0.0982 e. The summed E-state index contributed by atoms with van der Waals surface area (Å²) in [5.41, 5.74) is -0.389. The minimum absolute atomic E-state index is 0.312. The van der Waals surface area contributed by atoms with Gasteiger partial charge in [-0.3, -0.25) is 0 Å². The SMILES string of the molecule is COC1(C(O)C2CCOCC2)CCOCC1. The zero-order valence-corrected chi connectivity index (χ0v) is 9.98. The van der Waals surface area contributed by atoms with Gasteiger partial charge in [0.05, 0.1) is 11.7 Å². The van der Waals surface area contributed by atoms with Crippen LogP contribution in [0, 0.1) is 5.92 Å². The molecule has 0 amide bonds. The monoisotopic (exact) mass is 230 g/mol. The average Bonchev–Trinajstić information content (AvgIpc) is 2.39. The van der Waals surface area contributed by atoms with Gasteiger partial charge < -0.3 is 19.3 Å². The van der Waals surface area contributed by atoms with Gasteiger partial charge in [0.25, 0.3) is 0 Å². The molecule has 1 atom stereocenters. The van der Waals surface area contributed by atoms with Crippen molar-refractivity contribution in [3.05, 3.63) is 0 Å². The Bertz CT molecular complexity index is 207. The van der Waals surface area contributed by atoms with Crippen molar-refractivity contribution >= 4 is 0 Å². The highest BCUT2D eigenvalue weighted by atomic mass is 16.5. The summed E-state index contributed by atoms with van der Waals surface area (Å²) in [4.78, 5) is 0. The maximum absolute atomic E-state index is 10.5. The Morgan fingerprint density at radius 3 is 2.25 bits per heavy atom. The summed E-state index contributed by atoms with van der Waals surface area (Å²) >= 11 is 0. The minimum atomic E-state index is -0.389. The molecule has 2 saturated heterocycles. The van der Waals surface area contributed by atoms with Crippen molar-refractivity contribution in [3.8, 4) is 0 Å². The molecule has 94 valence electrons. The Labute approximate surface area is 96.9 Å². The number of aliphatic hydroxyl groups excluding tert-OH is 1. The van der Waals surface area contributed by atoms with Crippen LogP contribution in [-0.2, 0) is 14.2 Å². The van der Waals surface area contributed by atoms with Crippen LogP contribution in [0.25, 0.3) is 0 Å². The smallest absolute Gasteiger partial charge is 0.0982 e. The van der Waals surface area contributed by atoms with Gasteiger partial charge in [-0.1, -0.05) is 0 Å². The molecular formula is C12H22O4. The van der Waals surface area contributed by atoms with E-state index >= 15 is 0 Å². The van der Waals surface area contributed by atoms with Gasteiger partial charge in [0.2, 0.25) is 0 Å². The summed E-state index contributed by atoms with van der Waals surface area (Å²) in [5, 5.41) is 10.5. The highest BCUT2D eigenvalue weighted by molar-refractivity contribution is 4.94. The van der Waals surface area contributed by atoms with E-state index < -0.39 is 0 Å². The van der Waals surface area contributed by atoms with Crippen LogP contribution in [0.1, 0.15) is 25.7 Å². The lowest BCUT2D eigenvalue weighted by Crippen LogP contribution is -2.52. The molecule has 0 saturated carbocycles. The van der Waals surface area contributed by atoms with Crippen molar-refractivity contribution in [2.75, 3.05) is 33.5 Å². The van der Waals surface area contributed by atoms with E-state index in [4.69, 9.17) is 14.2 Å². The van der Waals surface area contributed by atoms with E-state index in [2.05, 4.69) is 0 Å². The summed E-state index contributed by atoms with van der Waals surface area (Å²) in [5.74, 6) is 0.312. The first kappa shape index (κ1) is 12.3. The van der Waals surface area contributed by atoms with Gasteiger partial charge in [0, 0.05) is 46.4 Å². The van der Waals surface area contributed by atoms with Gasteiger partial charge in [0.1, 0.15) is 0 Å². The third-order valence-corrected chi connectivity index (χ3v) is 4.00.